The number of aryl methyl sites for hydroxylation is 1. The topological polar surface area (TPSA) is 30.3 Å². The van der Waals surface area contributed by atoms with Crippen molar-refractivity contribution in [2.24, 2.45) is 0 Å². The number of halogens is 1. The van der Waals surface area contributed by atoms with Crippen LogP contribution in [-0.2, 0) is 17.7 Å². The molecule has 0 amide bonds. The van der Waals surface area contributed by atoms with E-state index in [2.05, 4.69) is 34.6 Å². The van der Waals surface area contributed by atoms with E-state index < -0.39 is 5.95 Å². The molecule has 22 heavy (non-hydrogen) atoms. The largest absolute Gasteiger partial charge is 0.377 e. The molecule has 0 spiro atoms. The van der Waals surface area contributed by atoms with Crippen molar-refractivity contribution in [2.45, 2.75) is 26.0 Å². The van der Waals surface area contributed by atoms with Gasteiger partial charge in [-0.05, 0) is 21.0 Å². The Kier molecular flexibility index (Phi) is 4.02. The Morgan fingerprint density at radius 3 is 2.91 bits per heavy atom. The summed E-state index contributed by atoms with van der Waals surface area (Å²) in [6.45, 7) is 3.66. The highest BCUT2D eigenvalue weighted by atomic mass is 19.1. The van der Waals surface area contributed by atoms with Crippen LogP contribution in [0, 0.1) is 12.9 Å². The molecule has 3 rings (SSSR count). The molecule has 0 bridgehead atoms. The van der Waals surface area contributed by atoms with Crippen LogP contribution in [0.5, 0.6) is 0 Å². The fraction of sp³-hybridized carbons (Fsp3) is 0.471. The molecule has 1 aliphatic carbocycles. The lowest BCUT2D eigenvalue weighted by atomic mass is 10.0. The number of hydrogen-bond donors (Lipinski definition) is 0. The Balaban J connectivity index is 2.20. The summed E-state index contributed by atoms with van der Waals surface area (Å²) in [5, 5.41) is 0.949. The van der Waals surface area contributed by atoms with Crippen molar-refractivity contribution in [3.8, 4) is 0 Å². The highest BCUT2D eigenvalue weighted by Gasteiger charge is 2.23. The van der Waals surface area contributed by atoms with Gasteiger partial charge in [-0.25, -0.2) is 4.98 Å². The van der Waals surface area contributed by atoms with Gasteiger partial charge in [0.1, 0.15) is 0 Å². The van der Waals surface area contributed by atoms with Gasteiger partial charge in [-0.2, -0.15) is 4.39 Å². The van der Waals surface area contributed by atoms with Crippen LogP contribution in [0.4, 0.5) is 4.39 Å². The molecule has 0 saturated carbocycles. The van der Waals surface area contributed by atoms with E-state index in [1.54, 1.807) is 13.2 Å². The van der Waals surface area contributed by atoms with Crippen LogP contribution in [0.15, 0.2) is 12.1 Å². The van der Waals surface area contributed by atoms with E-state index >= 15 is 0 Å². The van der Waals surface area contributed by atoms with Crippen molar-refractivity contribution in [1.29, 1.82) is 0 Å². The lowest BCUT2D eigenvalue weighted by molar-refractivity contribution is 0.139. The first-order valence-electron chi connectivity index (χ1n) is 7.55. The predicted octanol–water partition coefficient (Wildman–Crippen LogP) is 2.63. The zero-order chi connectivity index (χ0) is 15.9. The Labute approximate surface area is 130 Å². The molecule has 0 saturated heterocycles. The van der Waals surface area contributed by atoms with E-state index in [1.807, 2.05) is 13.0 Å². The fourth-order valence-corrected chi connectivity index (χ4v) is 3.19. The first-order chi connectivity index (χ1) is 10.5. The Morgan fingerprint density at radius 1 is 1.45 bits per heavy atom. The van der Waals surface area contributed by atoms with Crippen molar-refractivity contribution in [3.05, 3.63) is 35.0 Å². The molecule has 0 fully saturated rings. The molecule has 5 heteroatoms. The number of pyridine rings is 1. The minimum Gasteiger partial charge on any atom is -0.377 e. The van der Waals surface area contributed by atoms with E-state index in [4.69, 9.17) is 4.74 Å². The van der Waals surface area contributed by atoms with Gasteiger partial charge >= 0.3 is 0 Å². The van der Waals surface area contributed by atoms with Gasteiger partial charge in [0.15, 0.2) is 0 Å². The van der Waals surface area contributed by atoms with Crippen LogP contribution in [0.1, 0.15) is 17.0 Å². The van der Waals surface area contributed by atoms with Gasteiger partial charge in [0.25, 0.3) is 0 Å². The molecule has 4 nitrogen and oxygen atoms in total. The molecular formula is C17H22FN3O. The molecule has 0 radical (unpaired) electrons. The third-order valence-corrected chi connectivity index (χ3v) is 4.28. The highest BCUT2D eigenvalue weighted by molar-refractivity contribution is 5.93. The maximum atomic E-state index is 13.8. The molecule has 0 N–H and O–H groups in total. The second-order valence-corrected chi connectivity index (χ2v) is 6.08. The quantitative estimate of drug-likeness (QED) is 0.814. The highest BCUT2D eigenvalue weighted by Crippen LogP contribution is 2.33. The van der Waals surface area contributed by atoms with E-state index in [1.165, 1.54) is 5.69 Å². The molecule has 118 valence electrons. The monoisotopic (exact) mass is 303 g/mol. The number of methoxy groups -OCH3 is 1. The van der Waals surface area contributed by atoms with Gasteiger partial charge in [0, 0.05) is 49.3 Å². The summed E-state index contributed by atoms with van der Waals surface area (Å²) in [6.07, 6.45) is 4.99. The number of fused-ring (bicyclic) bond motifs is 3. The molecule has 2 aromatic rings. The van der Waals surface area contributed by atoms with Gasteiger partial charge in [-0.1, -0.05) is 12.2 Å². The molecule has 2 aromatic heterocycles. The van der Waals surface area contributed by atoms with Crippen molar-refractivity contribution in [3.63, 3.8) is 0 Å². The van der Waals surface area contributed by atoms with Crippen LogP contribution >= 0.6 is 0 Å². The van der Waals surface area contributed by atoms with Crippen molar-refractivity contribution in [2.75, 3.05) is 27.7 Å². The van der Waals surface area contributed by atoms with Crippen LogP contribution in [-0.4, -0.2) is 48.3 Å². The number of likely N-dealkylation sites (N-methyl/N-ethyl adjacent to an activating group) is 1. The second kappa shape index (κ2) is 5.82. The number of ether oxygens (including phenoxy) is 1. The summed E-state index contributed by atoms with van der Waals surface area (Å²) in [4.78, 5) is 6.17. The summed E-state index contributed by atoms with van der Waals surface area (Å²) in [6, 6.07) is 1.55. The number of rotatable bonds is 4. The van der Waals surface area contributed by atoms with Crippen LogP contribution in [0.2, 0.25) is 0 Å². The zero-order valence-electron chi connectivity index (χ0n) is 13.6. The van der Waals surface area contributed by atoms with E-state index in [-0.39, 0.29) is 6.10 Å². The van der Waals surface area contributed by atoms with Crippen molar-refractivity contribution in [1.82, 2.24) is 14.5 Å². The molecule has 1 aliphatic rings. The van der Waals surface area contributed by atoms with Crippen molar-refractivity contribution < 1.29 is 9.13 Å². The number of hydrogen-bond acceptors (Lipinski definition) is 3. The maximum Gasteiger partial charge on any atom is 0.213 e. The molecule has 0 aromatic carbocycles. The average molecular weight is 303 g/mol. The third-order valence-electron chi connectivity index (χ3n) is 4.28. The normalized spacial score (nSPS) is 17.5. The van der Waals surface area contributed by atoms with Crippen LogP contribution in [0.25, 0.3) is 17.0 Å². The molecular weight excluding hydrogens is 281 g/mol. The fourth-order valence-electron chi connectivity index (χ4n) is 3.19. The SMILES string of the molecule is COC1C=Cc2c(n(CCN(C)C)c3c(C)nc(F)cc23)C1. The Morgan fingerprint density at radius 2 is 2.23 bits per heavy atom. The standard InChI is InChI=1S/C17H22FN3O/c1-11-17-14(10-16(18)19-11)13-6-5-12(22-4)9-15(13)21(17)8-7-20(2)3/h5-6,10,12H,7-9H2,1-4H3. The van der Waals surface area contributed by atoms with Gasteiger partial charge < -0.3 is 14.2 Å². The van der Waals surface area contributed by atoms with Crippen LogP contribution < -0.4 is 0 Å². The summed E-state index contributed by atoms with van der Waals surface area (Å²) < 4.78 is 21.5. The van der Waals surface area contributed by atoms with E-state index in [9.17, 15) is 4.39 Å². The second-order valence-electron chi connectivity index (χ2n) is 6.08. The first-order valence-corrected chi connectivity index (χ1v) is 7.55. The maximum absolute atomic E-state index is 13.8. The molecule has 0 aliphatic heterocycles. The third kappa shape index (κ3) is 2.55. The van der Waals surface area contributed by atoms with Gasteiger partial charge in [0.2, 0.25) is 5.95 Å². The summed E-state index contributed by atoms with van der Waals surface area (Å²) in [5.41, 5.74) is 4.09. The number of nitrogens with zero attached hydrogens (tertiary/aromatic N) is 3. The van der Waals surface area contributed by atoms with Crippen molar-refractivity contribution >= 4 is 17.0 Å². The van der Waals surface area contributed by atoms with E-state index in [0.29, 0.717) is 0 Å². The molecule has 1 unspecified atom stereocenters. The molecule has 1 atom stereocenters. The Hall–Kier alpha value is -1.72. The van der Waals surface area contributed by atoms with Gasteiger partial charge in [-0.3, -0.25) is 0 Å². The number of aromatic nitrogens is 2. The lowest BCUT2D eigenvalue weighted by Crippen LogP contribution is -2.22. The summed E-state index contributed by atoms with van der Waals surface area (Å²) in [7, 11) is 5.83. The summed E-state index contributed by atoms with van der Waals surface area (Å²) in [5.74, 6) is -0.417. The summed E-state index contributed by atoms with van der Waals surface area (Å²) >= 11 is 0. The molecule has 2 heterocycles. The minimum atomic E-state index is -0.417. The minimum absolute atomic E-state index is 0.0769. The van der Waals surface area contributed by atoms with E-state index in [0.717, 1.165) is 41.7 Å². The first kappa shape index (κ1) is 15.2. The smallest absolute Gasteiger partial charge is 0.213 e. The average Bonchev–Trinajstić information content (AvgIpc) is 2.78. The lowest BCUT2D eigenvalue weighted by Gasteiger charge is -2.20. The van der Waals surface area contributed by atoms with Gasteiger partial charge in [-0.15, -0.1) is 0 Å². The Bertz CT molecular complexity index is 733. The van der Waals surface area contributed by atoms with Gasteiger partial charge in [0.05, 0.1) is 17.3 Å². The predicted molar refractivity (Wildman–Crippen MR) is 86.5 cm³/mol. The zero-order valence-corrected chi connectivity index (χ0v) is 13.6. The van der Waals surface area contributed by atoms with Crippen LogP contribution in [0.3, 0.4) is 0 Å².